The maximum absolute atomic E-state index is 11.8. The summed E-state index contributed by atoms with van der Waals surface area (Å²) in [5.74, 6) is 0.208. The Labute approximate surface area is 171 Å². The molecule has 0 spiro atoms. The number of rotatable bonds is 6. The van der Waals surface area contributed by atoms with E-state index in [1.165, 1.54) is 5.56 Å². The normalized spacial score (nSPS) is 12.7. The maximum atomic E-state index is 11.8. The SMILES string of the molecule is C=C(C)C(=O)OC(CO)COc1c2ccccc2cc2cccc(C(C)(C)C)c12. The molecule has 3 aromatic rings. The first kappa shape index (κ1) is 20.9. The van der Waals surface area contributed by atoms with Crippen molar-refractivity contribution in [3.63, 3.8) is 0 Å². The number of carbonyl (C=O) groups excluding carboxylic acids is 1. The molecule has 29 heavy (non-hydrogen) atoms. The molecule has 152 valence electrons. The van der Waals surface area contributed by atoms with Crippen LogP contribution in [0.2, 0.25) is 0 Å². The smallest absolute Gasteiger partial charge is 0.333 e. The van der Waals surface area contributed by atoms with Crippen LogP contribution in [0.1, 0.15) is 33.3 Å². The van der Waals surface area contributed by atoms with Crippen molar-refractivity contribution < 1.29 is 19.4 Å². The molecule has 3 aromatic carbocycles. The van der Waals surface area contributed by atoms with E-state index in [0.717, 1.165) is 27.3 Å². The van der Waals surface area contributed by atoms with Gasteiger partial charge in [-0.15, -0.1) is 0 Å². The molecule has 1 atom stereocenters. The van der Waals surface area contributed by atoms with Gasteiger partial charge < -0.3 is 14.6 Å². The number of esters is 1. The van der Waals surface area contributed by atoms with Crippen LogP contribution in [0.3, 0.4) is 0 Å². The average Bonchev–Trinajstić information content (AvgIpc) is 2.68. The minimum Gasteiger partial charge on any atom is -0.488 e. The number of ether oxygens (including phenoxy) is 2. The fourth-order valence-corrected chi connectivity index (χ4v) is 3.40. The fourth-order valence-electron chi connectivity index (χ4n) is 3.40. The van der Waals surface area contributed by atoms with Gasteiger partial charge >= 0.3 is 5.97 Å². The summed E-state index contributed by atoms with van der Waals surface area (Å²) in [6, 6.07) is 16.5. The molecule has 4 nitrogen and oxygen atoms in total. The van der Waals surface area contributed by atoms with Crippen molar-refractivity contribution in [2.24, 2.45) is 0 Å². The van der Waals surface area contributed by atoms with Crippen LogP contribution in [-0.4, -0.2) is 30.4 Å². The summed E-state index contributed by atoms with van der Waals surface area (Å²) in [6.45, 7) is 11.4. The molecule has 0 aromatic heterocycles. The third-order valence-electron chi connectivity index (χ3n) is 4.89. The Morgan fingerprint density at radius 2 is 1.79 bits per heavy atom. The summed E-state index contributed by atoms with van der Waals surface area (Å²) in [7, 11) is 0. The zero-order valence-corrected chi connectivity index (χ0v) is 17.5. The summed E-state index contributed by atoms with van der Waals surface area (Å²) in [6.07, 6.45) is -0.769. The topological polar surface area (TPSA) is 55.8 Å². The van der Waals surface area contributed by atoms with Gasteiger partial charge in [-0.1, -0.05) is 69.8 Å². The van der Waals surface area contributed by atoms with Gasteiger partial charge in [0.1, 0.15) is 12.4 Å². The van der Waals surface area contributed by atoms with E-state index in [9.17, 15) is 9.90 Å². The lowest BCUT2D eigenvalue weighted by Gasteiger charge is -2.25. The highest BCUT2D eigenvalue weighted by atomic mass is 16.6. The van der Waals surface area contributed by atoms with Gasteiger partial charge in [0, 0.05) is 16.3 Å². The molecule has 0 fully saturated rings. The lowest BCUT2D eigenvalue weighted by molar-refractivity contribution is -0.147. The molecular formula is C25H28O4. The first-order valence-electron chi connectivity index (χ1n) is 9.77. The monoisotopic (exact) mass is 392 g/mol. The second-order valence-corrected chi connectivity index (χ2v) is 8.38. The van der Waals surface area contributed by atoms with Crippen LogP contribution in [0.25, 0.3) is 21.5 Å². The van der Waals surface area contributed by atoms with Gasteiger partial charge in [-0.25, -0.2) is 4.79 Å². The van der Waals surface area contributed by atoms with E-state index in [0.29, 0.717) is 0 Å². The summed E-state index contributed by atoms with van der Waals surface area (Å²) in [5.41, 5.74) is 1.38. The van der Waals surface area contributed by atoms with E-state index in [1.807, 2.05) is 18.2 Å². The molecule has 1 unspecified atom stereocenters. The van der Waals surface area contributed by atoms with Crippen molar-refractivity contribution in [3.05, 3.63) is 66.2 Å². The first-order valence-corrected chi connectivity index (χ1v) is 9.77. The lowest BCUT2D eigenvalue weighted by Crippen LogP contribution is -2.29. The second kappa shape index (κ2) is 8.26. The van der Waals surface area contributed by atoms with Gasteiger partial charge in [0.25, 0.3) is 0 Å². The van der Waals surface area contributed by atoms with E-state index >= 15 is 0 Å². The molecule has 0 radical (unpaired) electrons. The Hall–Kier alpha value is -2.85. The molecule has 0 aliphatic carbocycles. The van der Waals surface area contributed by atoms with E-state index in [2.05, 4.69) is 57.7 Å². The Kier molecular flexibility index (Phi) is 5.94. The third-order valence-corrected chi connectivity index (χ3v) is 4.89. The molecule has 1 N–H and O–H groups in total. The largest absolute Gasteiger partial charge is 0.488 e. The van der Waals surface area contributed by atoms with E-state index in [4.69, 9.17) is 9.47 Å². The third kappa shape index (κ3) is 4.43. The van der Waals surface area contributed by atoms with Crippen molar-refractivity contribution in [1.29, 1.82) is 0 Å². The molecule has 0 saturated carbocycles. The van der Waals surface area contributed by atoms with Crippen molar-refractivity contribution in [2.75, 3.05) is 13.2 Å². The molecule has 0 amide bonds. The van der Waals surface area contributed by atoms with Gasteiger partial charge in [-0.05, 0) is 34.7 Å². The van der Waals surface area contributed by atoms with Crippen molar-refractivity contribution >= 4 is 27.5 Å². The van der Waals surface area contributed by atoms with Crippen LogP contribution in [0.5, 0.6) is 5.75 Å². The van der Waals surface area contributed by atoms with Gasteiger partial charge in [0.2, 0.25) is 0 Å². The predicted octanol–water partition coefficient (Wildman–Crippen LogP) is 5.15. The molecule has 0 aliphatic heterocycles. The van der Waals surface area contributed by atoms with Crippen molar-refractivity contribution in [3.8, 4) is 5.75 Å². The maximum Gasteiger partial charge on any atom is 0.333 e. The molecule has 0 bridgehead atoms. The highest BCUT2D eigenvalue weighted by Gasteiger charge is 2.22. The Bertz CT molecular complexity index is 1060. The van der Waals surface area contributed by atoms with Crippen LogP contribution in [0.15, 0.2) is 60.7 Å². The summed E-state index contributed by atoms with van der Waals surface area (Å²) in [4.78, 5) is 11.8. The van der Waals surface area contributed by atoms with Crippen LogP contribution in [-0.2, 0) is 14.9 Å². The van der Waals surface area contributed by atoms with E-state index in [-0.39, 0.29) is 24.2 Å². The lowest BCUT2D eigenvalue weighted by atomic mass is 9.82. The summed E-state index contributed by atoms with van der Waals surface area (Å²) in [5, 5.41) is 13.8. The quantitative estimate of drug-likeness (QED) is 0.358. The number of carbonyl (C=O) groups is 1. The van der Waals surface area contributed by atoms with Crippen LogP contribution in [0.4, 0.5) is 0 Å². The summed E-state index contributed by atoms with van der Waals surface area (Å²) >= 11 is 0. The van der Waals surface area contributed by atoms with Crippen molar-refractivity contribution in [1.82, 2.24) is 0 Å². The molecule has 3 rings (SSSR count). The standard InChI is InChI=1S/C25H28O4/c1-16(2)24(27)29-19(14-26)15-28-23-20-11-7-6-9-17(20)13-18-10-8-12-21(22(18)23)25(3,4)5/h6-13,19,26H,1,14-15H2,2-5H3. The Balaban J connectivity index is 2.10. The van der Waals surface area contributed by atoms with Gasteiger partial charge in [-0.2, -0.15) is 0 Å². The minimum absolute atomic E-state index is 0.0527. The van der Waals surface area contributed by atoms with Crippen LogP contribution < -0.4 is 4.74 Å². The average molecular weight is 392 g/mol. The number of benzene rings is 3. The van der Waals surface area contributed by atoms with Crippen molar-refractivity contribution in [2.45, 2.75) is 39.2 Å². The fraction of sp³-hybridized carbons (Fsp3) is 0.320. The minimum atomic E-state index is -0.769. The number of hydrogen-bond acceptors (Lipinski definition) is 4. The highest BCUT2D eigenvalue weighted by molar-refractivity contribution is 6.07. The van der Waals surface area contributed by atoms with Crippen LogP contribution in [0, 0.1) is 0 Å². The van der Waals surface area contributed by atoms with Gasteiger partial charge in [0.15, 0.2) is 6.10 Å². The first-order chi connectivity index (χ1) is 13.7. The molecular weight excluding hydrogens is 364 g/mol. The Morgan fingerprint density at radius 3 is 2.45 bits per heavy atom. The summed E-state index contributed by atoms with van der Waals surface area (Å²) < 4.78 is 11.5. The van der Waals surface area contributed by atoms with Gasteiger partial charge in [0.05, 0.1) is 6.61 Å². The number of aliphatic hydroxyl groups excluding tert-OH is 1. The number of aliphatic hydroxyl groups is 1. The molecule has 0 aliphatic rings. The Morgan fingerprint density at radius 1 is 1.10 bits per heavy atom. The van der Waals surface area contributed by atoms with Gasteiger partial charge in [-0.3, -0.25) is 0 Å². The second-order valence-electron chi connectivity index (χ2n) is 8.38. The highest BCUT2D eigenvalue weighted by Crippen LogP contribution is 2.40. The predicted molar refractivity (Wildman–Crippen MR) is 117 cm³/mol. The molecule has 0 saturated heterocycles. The van der Waals surface area contributed by atoms with E-state index < -0.39 is 12.1 Å². The molecule has 0 heterocycles. The number of hydrogen-bond donors (Lipinski definition) is 1. The zero-order chi connectivity index (χ0) is 21.2. The zero-order valence-electron chi connectivity index (χ0n) is 17.5. The van der Waals surface area contributed by atoms with Crippen LogP contribution >= 0.6 is 0 Å². The molecule has 4 heteroatoms. The van der Waals surface area contributed by atoms with E-state index in [1.54, 1.807) is 6.92 Å². The number of fused-ring (bicyclic) bond motifs is 2.